The average molecular weight is 926 g/mol. The quantitative estimate of drug-likeness (QED) is 0.0279. The van der Waals surface area contributed by atoms with E-state index < -0.39 is 41.9 Å². The summed E-state index contributed by atoms with van der Waals surface area (Å²) in [6, 6.07) is 3.82. The van der Waals surface area contributed by atoms with E-state index in [0.717, 1.165) is 0 Å². The molecule has 0 unspecified atom stereocenters. The van der Waals surface area contributed by atoms with Crippen LogP contribution in [0, 0.1) is 5.92 Å². The summed E-state index contributed by atoms with van der Waals surface area (Å²) >= 11 is 2.00. The molecule has 57 heavy (non-hydrogen) atoms. The number of nitrogens with one attached hydrogen (secondary N) is 5. The fourth-order valence-corrected chi connectivity index (χ4v) is 4.84. The molecule has 0 aliphatic carbocycles. The molecular weight excluding hydrogens is 865 g/mol. The van der Waals surface area contributed by atoms with Gasteiger partial charge in [0.05, 0.1) is 83.7 Å². The Hall–Kier alpha value is -3.87. The number of ether oxygens (including phenoxy) is 7. The topological polar surface area (TPSA) is 279 Å². The van der Waals surface area contributed by atoms with Crippen molar-refractivity contribution in [3.8, 4) is 0 Å². The minimum atomic E-state index is -1.01. The van der Waals surface area contributed by atoms with E-state index in [4.69, 9.17) is 44.6 Å². The first kappa shape index (κ1) is 51.1. The minimum absolute atomic E-state index is 0.00140. The van der Waals surface area contributed by atoms with Crippen LogP contribution in [0.1, 0.15) is 38.7 Å². The van der Waals surface area contributed by atoms with Gasteiger partial charge in [-0.3, -0.25) is 19.2 Å². The highest BCUT2D eigenvalue weighted by Crippen LogP contribution is 2.13. The first-order chi connectivity index (χ1) is 27.4. The summed E-state index contributed by atoms with van der Waals surface area (Å²) in [5, 5.41) is 13.4. The number of halogens is 1. The Morgan fingerprint density at radius 1 is 0.649 bits per heavy atom. The van der Waals surface area contributed by atoms with Crippen molar-refractivity contribution < 1.29 is 61.9 Å². The van der Waals surface area contributed by atoms with Gasteiger partial charge in [0.15, 0.2) is 0 Å². The van der Waals surface area contributed by atoms with Gasteiger partial charge in [-0.25, -0.2) is 9.59 Å². The third-order valence-electron chi connectivity index (χ3n) is 7.49. The van der Waals surface area contributed by atoms with Gasteiger partial charge in [0.1, 0.15) is 18.7 Å². The summed E-state index contributed by atoms with van der Waals surface area (Å²) in [7, 11) is 0. The molecule has 1 aromatic rings. The van der Waals surface area contributed by atoms with Gasteiger partial charge >= 0.3 is 12.1 Å². The van der Waals surface area contributed by atoms with Crippen molar-refractivity contribution in [2.45, 2.75) is 51.8 Å². The first-order valence-corrected chi connectivity index (χ1v) is 20.2. The summed E-state index contributed by atoms with van der Waals surface area (Å²) in [6.07, 6.45) is -0.422. The van der Waals surface area contributed by atoms with Crippen molar-refractivity contribution in [1.82, 2.24) is 21.3 Å². The molecule has 0 fully saturated rings. The summed E-state index contributed by atoms with van der Waals surface area (Å²) in [5.74, 6) is -1.80. The van der Waals surface area contributed by atoms with E-state index in [0.29, 0.717) is 94.7 Å². The number of anilines is 1. The molecule has 9 N–H and O–H groups in total. The molecule has 1 aromatic carbocycles. The van der Waals surface area contributed by atoms with Gasteiger partial charge in [-0.2, -0.15) is 0 Å². The number of urea groups is 1. The normalized spacial score (nSPS) is 12.0. The number of carbonyl (C=O) groups excluding carboxylic acids is 6. The fraction of sp³-hybridized carbons (Fsp3) is 0.667. The van der Waals surface area contributed by atoms with E-state index in [1.807, 2.05) is 22.6 Å². The van der Waals surface area contributed by atoms with E-state index in [-0.39, 0.29) is 51.0 Å². The highest BCUT2D eigenvalue weighted by atomic mass is 127. The van der Waals surface area contributed by atoms with Crippen molar-refractivity contribution in [2.24, 2.45) is 17.4 Å². The smallest absolute Gasteiger partial charge is 0.404 e. The molecule has 1 rings (SSSR count). The van der Waals surface area contributed by atoms with Crippen molar-refractivity contribution in [3.05, 3.63) is 29.8 Å². The molecule has 0 saturated carbocycles. The number of amides is 7. The Bertz CT molecular complexity index is 1310. The van der Waals surface area contributed by atoms with Gasteiger partial charge in [0.2, 0.25) is 23.6 Å². The predicted molar refractivity (Wildman–Crippen MR) is 216 cm³/mol. The maximum absolute atomic E-state index is 13.3. The third kappa shape index (κ3) is 28.2. The molecule has 2 atom stereocenters. The van der Waals surface area contributed by atoms with E-state index >= 15 is 0 Å². The number of hydrogen-bond donors (Lipinski definition) is 7. The molecule has 0 spiro atoms. The van der Waals surface area contributed by atoms with Crippen molar-refractivity contribution in [1.29, 1.82) is 0 Å². The number of alkyl halides is 1. The fourth-order valence-electron chi connectivity index (χ4n) is 4.57. The van der Waals surface area contributed by atoms with Crippen LogP contribution in [-0.2, 0) is 58.9 Å². The van der Waals surface area contributed by atoms with Crippen LogP contribution in [0.15, 0.2) is 24.3 Å². The lowest BCUT2D eigenvalue weighted by Gasteiger charge is -2.25. The molecule has 0 aliphatic rings. The molecule has 21 heteroatoms. The van der Waals surface area contributed by atoms with Crippen LogP contribution in [-0.4, -0.2) is 145 Å². The summed E-state index contributed by atoms with van der Waals surface area (Å²) in [5.41, 5.74) is 11.2. The zero-order valence-corrected chi connectivity index (χ0v) is 35.0. The molecule has 0 aliphatic heterocycles. The van der Waals surface area contributed by atoms with E-state index in [1.165, 1.54) is 0 Å². The molecule has 0 aromatic heterocycles. The maximum atomic E-state index is 13.3. The van der Waals surface area contributed by atoms with Gasteiger partial charge in [0, 0.05) is 25.2 Å². The van der Waals surface area contributed by atoms with Crippen LogP contribution < -0.4 is 38.1 Å². The lowest BCUT2D eigenvalue weighted by Crippen LogP contribution is -2.54. The lowest BCUT2D eigenvalue weighted by molar-refractivity contribution is -0.132. The van der Waals surface area contributed by atoms with Crippen LogP contribution in [0.3, 0.4) is 0 Å². The summed E-state index contributed by atoms with van der Waals surface area (Å²) < 4.78 is 37.8. The number of benzene rings is 1. The zero-order chi connectivity index (χ0) is 42.1. The van der Waals surface area contributed by atoms with Gasteiger partial charge in [-0.15, -0.1) is 0 Å². The van der Waals surface area contributed by atoms with Crippen LogP contribution in [0.25, 0.3) is 0 Å². The van der Waals surface area contributed by atoms with E-state index in [2.05, 4.69) is 26.6 Å². The van der Waals surface area contributed by atoms with Crippen molar-refractivity contribution in [3.63, 3.8) is 0 Å². The number of carbonyl (C=O) groups is 6. The largest absolute Gasteiger partial charge is 0.445 e. The first-order valence-electron chi connectivity index (χ1n) is 18.7. The Morgan fingerprint density at radius 2 is 1.18 bits per heavy atom. The van der Waals surface area contributed by atoms with Gasteiger partial charge in [-0.05, 0) is 36.5 Å². The van der Waals surface area contributed by atoms with Crippen molar-refractivity contribution >= 4 is 64.0 Å². The Morgan fingerprint density at radius 3 is 1.67 bits per heavy atom. The molecule has 0 radical (unpaired) electrons. The highest BCUT2D eigenvalue weighted by molar-refractivity contribution is 14.1. The van der Waals surface area contributed by atoms with Gasteiger partial charge in [-0.1, -0.05) is 48.6 Å². The van der Waals surface area contributed by atoms with Crippen LogP contribution in [0.4, 0.5) is 15.3 Å². The molecule has 0 bridgehead atoms. The lowest BCUT2D eigenvalue weighted by atomic mass is 10.0. The second-order valence-corrected chi connectivity index (χ2v) is 13.2. The van der Waals surface area contributed by atoms with E-state index in [9.17, 15) is 28.8 Å². The maximum Gasteiger partial charge on any atom is 0.404 e. The molecular formula is C36H60IN7O13. The molecule has 324 valence electrons. The van der Waals surface area contributed by atoms with Gasteiger partial charge < -0.3 is 71.2 Å². The van der Waals surface area contributed by atoms with Crippen LogP contribution in [0.2, 0.25) is 0 Å². The van der Waals surface area contributed by atoms with E-state index in [1.54, 1.807) is 38.1 Å². The molecule has 0 saturated heterocycles. The monoisotopic (exact) mass is 925 g/mol. The Kier molecular flexibility index (Phi) is 29.7. The SMILES string of the molecule is CC(C)[C@H](NC(=O)CCOCCOCCOCCOCCOCCOCCNC(=O)CI)C(=O)N[C@@H](CCCNC(N)=O)C(=O)Nc1ccc(COC(N)=O)cc1. The number of hydrogen-bond acceptors (Lipinski definition) is 13. The third-order valence-corrected chi connectivity index (χ3v) is 8.19. The molecule has 20 nitrogen and oxygen atoms in total. The Labute approximate surface area is 347 Å². The summed E-state index contributed by atoms with van der Waals surface area (Å²) in [6.45, 7) is 8.59. The summed E-state index contributed by atoms with van der Waals surface area (Å²) in [4.78, 5) is 72.4. The molecule has 0 heterocycles. The Balaban J connectivity index is 2.28. The zero-order valence-electron chi connectivity index (χ0n) is 32.8. The second-order valence-electron chi connectivity index (χ2n) is 12.5. The minimum Gasteiger partial charge on any atom is -0.445 e. The number of primary amides is 2. The van der Waals surface area contributed by atoms with Crippen LogP contribution >= 0.6 is 22.6 Å². The standard InChI is InChI=1S/C36H60IN7O13/c1-26(2)32(34(48)43-29(4-3-10-41-35(38)49)33(47)42-28-7-5-27(6-8-28)25-57-36(39)50)44-30(45)9-12-51-14-16-53-18-20-55-22-23-56-21-19-54-17-15-52-13-11-40-31(46)24-37/h5-8,26,29,32H,3-4,9-25H2,1-2H3,(H2,39,50)(H,40,46)(H,42,47)(H,43,48)(H,44,45)(H3,38,41,49)/t29-,32-/m0/s1. The number of nitrogens with two attached hydrogens (primary N) is 2. The number of rotatable bonds is 34. The van der Waals surface area contributed by atoms with Gasteiger partial charge in [0.25, 0.3) is 0 Å². The average Bonchev–Trinajstić information content (AvgIpc) is 3.17. The second kappa shape index (κ2) is 33.1. The van der Waals surface area contributed by atoms with Crippen molar-refractivity contribution in [2.75, 3.05) is 102 Å². The molecule has 7 amide bonds. The predicted octanol–water partition coefficient (Wildman–Crippen LogP) is 0.335. The highest BCUT2D eigenvalue weighted by Gasteiger charge is 2.29. The van der Waals surface area contributed by atoms with Crippen LogP contribution in [0.5, 0.6) is 0 Å².